The molecule has 1 amide bonds. The van der Waals surface area contributed by atoms with Gasteiger partial charge in [0, 0.05) is 44.0 Å². The second-order valence-electron chi connectivity index (χ2n) is 7.42. The third-order valence-corrected chi connectivity index (χ3v) is 5.56. The summed E-state index contributed by atoms with van der Waals surface area (Å²) in [6.07, 6.45) is 6.60. The standard InChI is InChI=1S/C21H22N6O4/c1-30-20(29)17-2-6-24-21(25-17)26-7-3-15(4-8-26)19(28)27-18(5-9-31-27)16-10-14(11-22)12-23-13-16/h2,6,10,12-13,15,18H,3-5,7-9H2,1H3/t18-/m0/s1. The van der Waals surface area contributed by atoms with Gasteiger partial charge in [-0.05, 0) is 30.5 Å². The van der Waals surface area contributed by atoms with E-state index in [-0.39, 0.29) is 23.6 Å². The summed E-state index contributed by atoms with van der Waals surface area (Å²) in [4.78, 5) is 45.1. The van der Waals surface area contributed by atoms with E-state index in [0.29, 0.717) is 50.5 Å². The van der Waals surface area contributed by atoms with Crippen LogP contribution in [0.25, 0.3) is 0 Å². The fraction of sp³-hybridized carbons (Fsp3) is 0.429. The van der Waals surface area contributed by atoms with Crippen molar-refractivity contribution in [3.8, 4) is 6.07 Å². The number of piperidine rings is 1. The normalized spacial score (nSPS) is 19.2. The molecule has 160 valence electrons. The molecule has 2 saturated heterocycles. The third-order valence-electron chi connectivity index (χ3n) is 5.56. The number of carbonyl (C=O) groups excluding carboxylic acids is 2. The Balaban J connectivity index is 1.41. The number of hydrogen-bond acceptors (Lipinski definition) is 9. The predicted octanol–water partition coefficient (Wildman–Crippen LogP) is 1.65. The van der Waals surface area contributed by atoms with Crippen LogP contribution in [0, 0.1) is 17.2 Å². The monoisotopic (exact) mass is 422 g/mol. The Morgan fingerprint density at radius 3 is 2.81 bits per heavy atom. The van der Waals surface area contributed by atoms with Gasteiger partial charge in [0.05, 0.1) is 25.3 Å². The Hall–Kier alpha value is -3.58. The topological polar surface area (TPSA) is 122 Å². The van der Waals surface area contributed by atoms with Gasteiger partial charge in [-0.1, -0.05) is 0 Å². The molecule has 2 aliphatic heterocycles. The molecular weight excluding hydrogens is 400 g/mol. The Morgan fingerprint density at radius 2 is 2.06 bits per heavy atom. The molecular formula is C21H22N6O4. The summed E-state index contributed by atoms with van der Waals surface area (Å²) >= 11 is 0. The number of rotatable bonds is 4. The van der Waals surface area contributed by atoms with Crippen LogP contribution in [-0.4, -0.2) is 58.7 Å². The maximum atomic E-state index is 13.2. The number of anilines is 1. The molecule has 2 aromatic heterocycles. The largest absolute Gasteiger partial charge is 0.464 e. The molecule has 31 heavy (non-hydrogen) atoms. The first kappa shape index (κ1) is 20.7. The number of esters is 1. The number of ether oxygens (including phenoxy) is 1. The van der Waals surface area contributed by atoms with Crippen molar-refractivity contribution in [3.05, 3.63) is 47.5 Å². The summed E-state index contributed by atoms with van der Waals surface area (Å²) in [6.45, 7) is 1.62. The highest BCUT2D eigenvalue weighted by atomic mass is 16.7. The number of pyridine rings is 1. The van der Waals surface area contributed by atoms with Gasteiger partial charge in [0.25, 0.3) is 0 Å². The van der Waals surface area contributed by atoms with Gasteiger partial charge in [-0.2, -0.15) is 5.26 Å². The van der Waals surface area contributed by atoms with E-state index in [1.54, 1.807) is 12.3 Å². The lowest BCUT2D eigenvalue weighted by atomic mass is 9.94. The Bertz CT molecular complexity index is 1010. The predicted molar refractivity (Wildman–Crippen MR) is 107 cm³/mol. The first-order valence-corrected chi connectivity index (χ1v) is 10.1. The van der Waals surface area contributed by atoms with Gasteiger partial charge in [0.2, 0.25) is 11.9 Å². The number of amides is 1. The van der Waals surface area contributed by atoms with Crippen molar-refractivity contribution < 1.29 is 19.2 Å². The van der Waals surface area contributed by atoms with E-state index >= 15 is 0 Å². The first-order valence-electron chi connectivity index (χ1n) is 10.1. The molecule has 10 heteroatoms. The molecule has 4 heterocycles. The maximum Gasteiger partial charge on any atom is 0.356 e. The number of hydroxylamine groups is 2. The highest BCUT2D eigenvalue weighted by molar-refractivity contribution is 5.87. The van der Waals surface area contributed by atoms with Crippen LogP contribution in [0.2, 0.25) is 0 Å². The summed E-state index contributed by atoms with van der Waals surface area (Å²) < 4.78 is 4.71. The van der Waals surface area contributed by atoms with Gasteiger partial charge in [-0.3, -0.25) is 14.6 Å². The van der Waals surface area contributed by atoms with Gasteiger partial charge >= 0.3 is 5.97 Å². The fourth-order valence-corrected chi connectivity index (χ4v) is 3.92. The molecule has 1 atom stereocenters. The lowest BCUT2D eigenvalue weighted by Crippen LogP contribution is -2.42. The number of nitrogens with zero attached hydrogens (tertiary/aromatic N) is 6. The zero-order valence-electron chi connectivity index (χ0n) is 17.1. The SMILES string of the molecule is COC(=O)c1ccnc(N2CCC(C(=O)N3OCC[C@H]3c3cncc(C#N)c3)CC2)n1. The number of carbonyl (C=O) groups is 2. The lowest BCUT2D eigenvalue weighted by molar-refractivity contribution is -0.182. The van der Waals surface area contributed by atoms with Crippen LogP contribution in [-0.2, 0) is 14.4 Å². The average Bonchev–Trinajstić information content (AvgIpc) is 3.33. The summed E-state index contributed by atoms with van der Waals surface area (Å²) in [5.74, 6) is -0.314. The maximum absolute atomic E-state index is 13.2. The van der Waals surface area contributed by atoms with Gasteiger partial charge < -0.3 is 9.64 Å². The number of hydrogen-bond donors (Lipinski definition) is 0. The lowest BCUT2D eigenvalue weighted by Gasteiger charge is -2.34. The van der Waals surface area contributed by atoms with Crippen LogP contribution in [0.4, 0.5) is 5.95 Å². The molecule has 0 N–H and O–H groups in total. The second-order valence-corrected chi connectivity index (χ2v) is 7.42. The van der Waals surface area contributed by atoms with Crippen LogP contribution in [0.3, 0.4) is 0 Å². The van der Waals surface area contributed by atoms with Crippen molar-refractivity contribution in [2.45, 2.75) is 25.3 Å². The highest BCUT2D eigenvalue weighted by Crippen LogP contribution is 2.33. The number of methoxy groups -OCH3 is 1. The molecule has 0 aliphatic carbocycles. The molecule has 0 saturated carbocycles. The van der Waals surface area contributed by atoms with Crippen LogP contribution in [0.5, 0.6) is 0 Å². The average molecular weight is 422 g/mol. The second kappa shape index (κ2) is 9.06. The number of nitriles is 1. The van der Waals surface area contributed by atoms with E-state index in [2.05, 4.69) is 21.0 Å². The summed E-state index contributed by atoms with van der Waals surface area (Å²) in [5.41, 5.74) is 1.46. The van der Waals surface area contributed by atoms with Crippen LogP contribution in [0.15, 0.2) is 30.7 Å². The molecule has 2 aliphatic rings. The first-order chi connectivity index (χ1) is 15.1. The van der Waals surface area contributed by atoms with Crippen molar-refractivity contribution in [1.82, 2.24) is 20.0 Å². The summed E-state index contributed by atoms with van der Waals surface area (Å²) in [5, 5.41) is 10.6. The molecule has 0 radical (unpaired) electrons. The van der Waals surface area contributed by atoms with Crippen LogP contribution >= 0.6 is 0 Å². The molecule has 10 nitrogen and oxygen atoms in total. The van der Waals surface area contributed by atoms with E-state index in [9.17, 15) is 9.59 Å². The van der Waals surface area contributed by atoms with E-state index in [1.807, 2.05) is 4.90 Å². The van der Waals surface area contributed by atoms with E-state index in [1.165, 1.54) is 30.6 Å². The zero-order chi connectivity index (χ0) is 21.8. The molecule has 0 spiro atoms. The Labute approximate surface area is 179 Å². The fourth-order valence-electron chi connectivity index (χ4n) is 3.92. The van der Waals surface area contributed by atoms with Crippen LogP contribution < -0.4 is 4.90 Å². The highest BCUT2D eigenvalue weighted by Gasteiger charge is 2.37. The van der Waals surface area contributed by atoms with E-state index in [4.69, 9.17) is 14.8 Å². The Kier molecular flexibility index (Phi) is 6.04. The van der Waals surface area contributed by atoms with Crippen molar-refractivity contribution >= 4 is 17.8 Å². The molecule has 2 fully saturated rings. The van der Waals surface area contributed by atoms with Crippen molar-refractivity contribution in [1.29, 1.82) is 5.26 Å². The van der Waals surface area contributed by atoms with Crippen molar-refractivity contribution in [3.63, 3.8) is 0 Å². The third kappa shape index (κ3) is 4.32. The smallest absolute Gasteiger partial charge is 0.356 e. The zero-order valence-corrected chi connectivity index (χ0v) is 17.1. The van der Waals surface area contributed by atoms with Gasteiger partial charge in [0.1, 0.15) is 6.07 Å². The molecule has 4 rings (SSSR count). The molecule has 0 bridgehead atoms. The van der Waals surface area contributed by atoms with Crippen LogP contribution in [0.1, 0.15) is 46.9 Å². The Morgan fingerprint density at radius 1 is 1.26 bits per heavy atom. The van der Waals surface area contributed by atoms with E-state index < -0.39 is 5.97 Å². The van der Waals surface area contributed by atoms with E-state index in [0.717, 1.165) is 5.56 Å². The quantitative estimate of drug-likeness (QED) is 0.677. The van der Waals surface area contributed by atoms with Crippen molar-refractivity contribution in [2.24, 2.45) is 5.92 Å². The minimum absolute atomic E-state index is 0.0614. The molecule has 2 aromatic rings. The van der Waals surface area contributed by atoms with Gasteiger partial charge in [-0.25, -0.2) is 19.8 Å². The van der Waals surface area contributed by atoms with Gasteiger partial charge in [-0.15, -0.1) is 0 Å². The van der Waals surface area contributed by atoms with Gasteiger partial charge in [0.15, 0.2) is 5.69 Å². The molecule has 0 unspecified atom stereocenters. The van der Waals surface area contributed by atoms with Crippen molar-refractivity contribution in [2.75, 3.05) is 31.7 Å². The minimum Gasteiger partial charge on any atom is -0.464 e. The summed E-state index contributed by atoms with van der Waals surface area (Å²) in [6, 6.07) is 5.09. The molecule has 0 aromatic carbocycles. The summed E-state index contributed by atoms with van der Waals surface area (Å²) in [7, 11) is 1.31. The number of aromatic nitrogens is 3. The minimum atomic E-state index is -0.513.